The number of benzene rings is 1. The fourth-order valence-electron chi connectivity index (χ4n) is 2.00. The van der Waals surface area contributed by atoms with Crippen LogP contribution in [-0.4, -0.2) is 17.6 Å². The average Bonchev–Trinajstić information content (AvgIpc) is 2.49. The van der Waals surface area contributed by atoms with E-state index in [4.69, 9.17) is 5.11 Å². The Morgan fingerprint density at radius 3 is 2.75 bits per heavy atom. The highest BCUT2D eigenvalue weighted by Crippen LogP contribution is 2.38. The van der Waals surface area contributed by atoms with E-state index in [0.29, 0.717) is 0 Å². The van der Waals surface area contributed by atoms with Crippen LogP contribution in [0.3, 0.4) is 0 Å². The first kappa shape index (κ1) is 11.1. The van der Waals surface area contributed by atoms with Gasteiger partial charge < -0.3 is 10.4 Å². The van der Waals surface area contributed by atoms with Gasteiger partial charge >= 0.3 is 0 Å². The number of fused-ring (bicyclic) bond motifs is 1. The van der Waals surface area contributed by atoms with Crippen molar-refractivity contribution in [1.29, 1.82) is 0 Å². The second-order valence-corrected chi connectivity index (χ2v) is 4.97. The Bertz CT molecular complexity index is 438. The van der Waals surface area contributed by atoms with E-state index >= 15 is 0 Å². The molecule has 1 aliphatic heterocycles. The van der Waals surface area contributed by atoms with Crippen LogP contribution in [0.4, 0.5) is 5.69 Å². The van der Waals surface area contributed by atoms with Gasteiger partial charge in [-0.2, -0.15) is 0 Å². The van der Waals surface area contributed by atoms with E-state index in [-0.39, 0.29) is 18.4 Å². The molecular formula is C13H17NO2. The quantitative estimate of drug-likeness (QED) is 0.799. The zero-order chi connectivity index (χ0) is 11.9. The molecule has 1 aliphatic rings. The summed E-state index contributed by atoms with van der Waals surface area (Å²) in [6.45, 7) is 5.93. The van der Waals surface area contributed by atoms with E-state index in [2.05, 4.69) is 5.32 Å². The maximum absolute atomic E-state index is 11.7. The summed E-state index contributed by atoms with van der Waals surface area (Å²) in [5.41, 5.74) is 2.52. The fourth-order valence-corrected chi connectivity index (χ4v) is 2.00. The first-order valence-corrected chi connectivity index (χ1v) is 5.53. The predicted molar refractivity (Wildman–Crippen MR) is 63.6 cm³/mol. The Balaban J connectivity index is 2.48. The summed E-state index contributed by atoms with van der Waals surface area (Å²) < 4.78 is 0. The van der Waals surface area contributed by atoms with Gasteiger partial charge in [-0.3, -0.25) is 4.79 Å². The van der Waals surface area contributed by atoms with Crippen LogP contribution in [0, 0.1) is 0 Å². The zero-order valence-electron chi connectivity index (χ0n) is 9.87. The maximum Gasteiger partial charge on any atom is 0.234 e. The van der Waals surface area contributed by atoms with Gasteiger partial charge in [-0.05, 0) is 31.0 Å². The minimum Gasteiger partial charge on any atom is -0.396 e. The minimum absolute atomic E-state index is 0.0382. The molecule has 1 atom stereocenters. The van der Waals surface area contributed by atoms with Gasteiger partial charge in [0.2, 0.25) is 5.91 Å². The molecule has 1 aromatic carbocycles. The Kier molecular flexibility index (Phi) is 2.50. The van der Waals surface area contributed by atoms with Crippen LogP contribution >= 0.6 is 0 Å². The molecule has 0 aromatic heterocycles. The van der Waals surface area contributed by atoms with E-state index in [1.807, 2.05) is 39.0 Å². The third-order valence-electron chi connectivity index (χ3n) is 3.38. The van der Waals surface area contributed by atoms with Crippen molar-refractivity contribution < 1.29 is 9.90 Å². The molecule has 2 rings (SSSR count). The number of hydrogen-bond acceptors (Lipinski definition) is 2. The van der Waals surface area contributed by atoms with E-state index in [0.717, 1.165) is 16.8 Å². The third kappa shape index (κ3) is 1.52. The largest absolute Gasteiger partial charge is 0.396 e. The highest BCUT2D eigenvalue weighted by molar-refractivity contribution is 6.05. The Morgan fingerprint density at radius 2 is 2.12 bits per heavy atom. The first-order valence-electron chi connectivity index (χ1n) is 5.53. The molecule has 0 spiro atoms. The summed E-state index contributed by atoms with van der Waals surface area (Å²) in [5.74, 6) is 0.146. The molecule has 1 aromatic rings. The molecule has 86 valence electrons. The number of rotatable bonds is 2. The Hall–Kier alpha value is -1.35. The topological polar surface area (TPSA) is 49.3 Å². The molecule has 1 heterocycles. The monoisotopic (exact) mass is 219 g/mol. The lowest BCUT2D eigenvalue weighted by atomic mass is 9.84. The van der Waals surface area contributed by atoms with Crippen molar-refractivity contribution in [2.45, 2.75) is 32.1 Å². The molecule has 2 N–H and O–H groups in total. The van der Waals surface area contributed by atoms with Crippen molar-refractivity contribution in [2.24, 2.45) is 0 Å². The third-order valence-corrected chi connectivity index (χ3v) is 3.38. The lowest BCUT2D eigenvalue weighted by Gasteiger charge is -2.17. The van der Waals surface area contributed by atoms with Crippen LogP contribution in [0.15, 0.2) is 18.2 Å². The molecular weight excluding hydrogens is 202 g/mol. The van der Waals surface area contributed by atoms with Gasteiger partial charge in [0.25, 0.3) is 0 Å². The van der Waals surface area contributed by atoms with Gasteiger partial charge in [0.15, 0.2) is 0 Å². The summed E-state index contributed by atoms with van der Waals surface area (Å²) in [5, 5.41) is 12.0. The Labute approximate surface area is 95.5 Å². The SMILES string of the molecule is CC(CO)c1ccc2c(c1)C(C)(C)C(=O)N2. The summed E-state index contributed by atoms with van der Waals surface area (Å²) >= 11 is 0. The van der Waals surface area contributed by atoms with Gasteiger partial charge in [-0.1, -0.05) is 19.1 Å². The maximum atomic E-state index is 11.7. The lowest BCUT2D eigenvalue weighted by molar-refractivity contribution is -0.119. The molecule has 3 heteroatoms. The number of aliphatic hydroxyl groups is 1. The second-order valence-electron chi connectivity index (χ2n) is 4.97. The van der Waals surface area contributed by atoms with Gasteiger partial charge in [-0.15, -0.1) is 0 Å². The van der Waals surface area contributed by atoms with Crippen molar-refractivity contribution in [2.75, 3.05) is 11.9 Å². The Morgan fingerprint density at radius 1 is 1.44 bits per heavy atom. The molecule has 0 fully saturated rings. The van der Waals surface area contributed by atoms with Crippen LogP contribution < -0.4 is 5.32 Å². The number of anilines is 1. The van der Waals surface area contributed by atoms with Crippen LogP contribution in [0.25, 0.3) is 0 Å². The van der Waals surface area contributed by atoms with Crippen LogP contribution in [-0.2, 0) is 10.2 Å². The molecule has 1 unspecified atom stereocenters. The van der Waals surface area contributed by atoms with Crippen LogP contribution in [0.1, 0.15) is 37.8 Å². The molecule has 0 saturated heterocycles. The smallest absolute Gasteiger partial charge is 0.234 e. The normalized spacial score (nSPS) is 19.1. The zero-order valence-corrected chi connectivity index (χ0v) is 9.87. The molecule has 0 saturated carbocycles. The average molecular weight is 219 g/mol. The minimum atomic E-state index is -0.472. The van der Waals surface area contributed by atoms with Crippen LogP contribution in [0.5, 0.6) is 0 Å². The van der Waals surface area contributed by atoms with Crippen molar-refractivity contribution in [3.63, 3.8) is 0 Å². The molecule has 1 amide bonds. The molecule has 3 nitrogen and oxygen atoms in total. The van der Waals surface area contributed by atoms with Crippen molar-refractivity contribution in [3.8, 4) is 0 Å². The number of aliphatic hydroxyl groups excluding tert-OH is 1. The lowest BCUT2D eigenvalue weighted by Crippen LogP contribution is -2.26. The summed E-state index contributed by atoms with van der Waals surface area (Å²) in [6.07, 6.45) is 0. The number of carbonyl (C=O) groups excluding carboxylic acids is 1. The summed E-state index contributed by atoms with van der Waals surface area (Å²) in [6, 6.07) is 5.90. The fraction of sp³-hybridized carbons (Fsp3) is 0.462. The van der Waals surface area contributed by atoms with Gasteiger partial charge in [0, 0.05) is 18.2 Å². The van der Waals surface area contributed by atoms with Crippen LogP contribution in [0.2, 0.25) is 0 Å². The van der Waals surface area contributed by atoms with Gasteiger partial charge in [0.1, 0.15) is 0 Å². The molecule has 0 radical (unpaired) electrons. The summed E-state index contributed by atoms with van der Waals surface area (Å²) in [4.78, 5) is 11.7. The van der Waals surface area contributed by atoms with Gasteiger partial charge in [0.05, 0.1) is 5.41 Å². The molecule has 16 heavy (non-hydrogen) atoms. The number of nitrogens with one attached hydrogen (secondary N) is 1. The first-order chi connectivity index (χ1) is 7.46. The van der Waals surface area contributed by atoms with Crippen molar-refractivity contribution in [1.82, 2.24) is 0 Å². The van der Waals surface area contributed by atoms with Crippen molar-refractivity contribution in [3.05, 3.63) is 29.3 Å². The van der Waals surface area contributed by atoms with Gasteiger partial charge in [-0.25, -0.2) is 0 Å². The highest BCUT2D eigenvalue weighted by atomic mass is 16.3. The molecule has 0 aliphatic carbocycles. The number of hydrogen-bond donors (Lipinski definition) is 2. The predicted octanol–water partition coefficient (Wildman–Crippen LogP) is 2.01. The standard InChI is InChI=1S/C13H17NO2/c1-8(7-15)9-4-5-11-10(6-9)13(2,3)12(16)14-11/h4-6,8,15H,7H2,1-3H3,(H,14,16). The second kappa shape index (κ2) is 3.59. The van der Waals surface area contributed by atoms with Crippen molar-refractivity contribution >= 4 is 11.6 Å². The molecule has 0 bridgehead atoms. The van der Waals surface area contributed by atoms with E-state index in [1.54, 1.807) is 0 Å². The highest BCUT2D eigenvalue weighted by Gasteiger charge is 2.38. The van der Waals surface area contributed by atoms with E-state index in [1.165, 1.54) is 0 Å². The number of carbonyl (C=O) groups is 1. The van der Waals surface area contributed by atoms with E-state index < -0.39 is 5.41 Å². The summed E-state index contributed by atoms with van der Waals surface area (Å²) in [7, 11) is 0. The number of amides is 1. The van der Waals surface area contributed by atoms with E-state index in [9.17, 15) is 4.79 Å².